The first-order valence-corrected chi connectivity index (χ1v) is 8.47. The fourth-order valence-electron chi connectivity index (χ4n) is 3.13. The van der Waals surface area contributed by atoms with E-state index in [0.717, 1.165) is 22.0 Å². The Labute approximate surface area is 130 Å². The zero-order valence-corrected chi connectivity index (χ0v) is 14.1. The third-order valence-corrected chi connectivity index (χ3v) is 5.58. The highest BCUT2D eigenvalue weighted by atomic mass is 79.9. The molecule has 0 radical (unpaired) electrons. The van der Waals surface area contributed by atoms with Gasteiger partial charge in [0.15, 0.2) is 0 Å². The van der Waals surface area contributed by atoms with E-state index in [1.807, 2.05) is 6.07 Å². The Morgan fingerprint density at radius 2 is 2.00 bits per heavy atom. The van der Waals surface area contributed by atoms with E-state index < -0.39 is 0 Å². The minimum absolute atomic E-state index is 0.391. The van der Waals surface area contributed by atoms with Gasteiger partial charge in [0.05, 0.1) is 5.02 Å². The number of hydrogen-bond donors (Lipinski definition) is 1. The monoisotopic (exact) mass is 343 g/mol. The van der Waals surface area contributed by atoms with Gasteiger partial charge in [-0.15, -0.1) is 0 Å². The maximum atomic E-state index is 6.48. The summed E-state index contributed by atoms with van der Waals surface area (Å²) in [5.41, 5.74) is 1.25. The molecule has 19 heavy (non-hydrogen) atoms. The SMILES string of the molecule is CCNC(c1cccc(Br)c1Cl)C1CCC(C)CC1. The summed E-state index contributed by atoms with van der Waals surface area (Å²) in [5.74, 6) is 1.60. The van der Waals surface area contributed by atoms with Gasteiger partial charge in [0.1, 0.15) is 0 Å². The van der Waals surface area contributed by atoms with Gasteiger partial charge in [0, 0.05) is 10.5 Å². The quantitative estimate of drug-likeness (QED) is 0.752. The van der Waals surface area contributed by atoms with Crippen LogP contribution in [0.2, 0.25) is 5.02 Å². The van der Waals surface area contributed by atoms with E-state index in [9.17, 15) is 0 Å². The van der Waals surface area contributed by atoms with Gasteiger partial charge in [-0.2, -0.15) is 0 Å². The van der Waals surface area contributed by atoms with Crippen LogP contribution in [0.15, 0.2) is 22.7 Å². The number of rotatable bonds is 4. The van der Waals surface area contributed by atoms with Crippen LogP contribution in [0.5, 0.6) is 0 Å². The standard InChI is InChI=1S/C16H23BrClN/c1-3-19-16(12-9-7-11(2)8-10-12)13-5-4-6-14(17)15(13)18/h4-6,11-12,16,19H,3,7-10H2,1-2H3. The number of nitrogens with one attached hydrogen (secondary N) is 1. The predicted molar refractivity (Wildman–Crippen MR) is 86.7 cm³/mol. The molecule has 0 aromatic heterocycles. The average Bonchev–Trinajstić information content (AvgIpc) is 2.41. The zero-order valence-electron chi connectivity index (χ0n) is 11.8. The summed E-state index contributed by atoms with van der Waals surface area (Å²) >= 11 is 10.0. The molecule has 0 aliphatic heterocycles. The zero-order chi connectivity index (χ0) is 13.8. The van der Waals surface area contributed by atoms with Crippen molar-refractivity contribution in [3.05, 3.63) is 33.3 Å². The Bertz CT molecular complexity index is 413. The lowest BCUT2D eigenvalue weighted by atomic mass is 9.77. The van der Waals surface area contributed by atoms with E-state index in [-0.39, 0.29) is 0 Å². The Morgan fingerprint density at radius 1 is 1.32 bits per heavy atom. The van der Waals surface area contributed by atoms with Crippen molar-refractivity contribution in [2.24, 2.45) is 11.8 Å². The second kappa shape index (κ2) is 7.10. The van der Waals surface area contributed by atoms with Crippen molar-refractivity contribution >= 4 is 27.5 Å². The van der Waals surface area contributed by atoms with Crippen LogP contribution in [0.3, 0.4) is 0 Å². The summed E-state index contributed by atoms with van der Waals surface area (Å²) < 4.78 is 0.999. The van der Waals surface area contributed by atoms with Crippen LogP contribution in [0, 0.1) is 11.8 Å². The second-order valence-corrected chi connectivity index (χ2v) is 6.93. The van der Waals surface area contributed by atoms with Gasteiger partial charge >= 0.3 is 0 Å². The molecule has 1 aliphatic carbocycles. The molecule has 1 aliphatic rings. The normalized spacial score (nSPS) is 25.3. The van der Waals surface area contributed by atoms with Gasteiger partial charge in [-0.05, 0) is 58.8 Å². The van der Waals surface area contributed by atoms with Crippen molar-refractivity contribution < 1.29 is 0 Å². The van der Waals surface area contributed by atoms with Crippen molar-refractivity contribution in [1.82, 2.24) is 5.32 Å². The first kappa shape index (κ1) is 15.3. The van der Waals surface area contributed by atoms with Crippen LogP contribution in [-0.4, -0.2) is 6.54 Å². The lowest BCUT2D eigenvalue weighted by molar-refractivity contribution is 0.233. The summed E-state index contributed by atoms with van der Waals surface area (Å²) in [4.78, 5) is 0. The predicted octanol–water partition coefficient (Wildman–Crippen LogP) is 5.58. The molecule has 1 aromatic rings. The molecular weight excluding hydrogens is 322 g/mol. The number of halogens is 2. The van der Waals surface area contributed by atoms with Gasteiger partial charge in [0.25, 0.3) is 0 Å². The van der Waals surface area contributed by atoms with Crippen molar-refractivity contribution in [2.45, 2.75) is 45.6 Å². The third-order valence-electron chi connectivity index (χ3n) is 4.27. The van der Waals surface area contributed by atoms with Gasteiger partial charge in [-0.25, -0.2) is 0 Å². The van der Waals surface area contributed by atoms with Crippen LogP contribution in [0.4, 0.5) is 0 Å². The van der Waals surface area contributed by atoms with Crippen molar-refractivity contribution in [1.29, 1.82) is 0 Å². The second-order valence-electron chi connectivity index (χ2n) is 5.70. The van der Waals surface area contributed by atoms with Crippen LogP contribution in [0.1, 0.15) is 51.1 Å². The molecule has 0 spiro atoms. The molecule has 0 bridgehead atoms. The first-order valence-electron chi connectivity index (χ1n) is 7.30. The smallest absolute Gasteiger partial charge is 0.0595 e. The molecule has 0 amide bonds. The van der Waals surface area contributed by atoms with Crippen molar-refractivity contribution in [3.8, 4) is 0 Å². The van der Waals surface area contributed by atoms with Crippen LogP contribution in [-0.2, 0) is 0 Å². The van der Waals surface area contributed by atoms with E-state index in [4.69, 9.17) is 11.6 Å². The van der Waals surface area contributed by atoms with E-state index in [2.05, 4.69) is 47.2 Å². The van der Waals surface area contributed by atoms with Gasteiger partial charge in [-0.1, -0.05) is 50.4 Å². The molecule has 1 aromatic carbocycles. The lowest BCUT2D eigenvalue weighted by Gasteiger charge is -2.34. The molecule has 0 saturated heterocycles. The van der Waals surface area contributed by atoms with Gasteiger partial charge in [-0.3, -0.25) is 0 Å². The highest BCUT2D eigenvalue weighted by molar-refractivity contribution is 9.10. The van der Waals surface area contributed by atoms with Crippen LogP contribution >= 0.6 is 27.5 Å². The average molecular weight is 345 g/mol. The summed E-state index contributed by atoms with van der Waals surface area (Å²) in [6.07, 6.45) is 5.31. The maximum absolute atomic E-state index is 6.48. The summed E-state index contributed by atoms with van der Waals surface area (Å²) in [7, 11) is 0. The first-order chi connectivity index (χ1) is 9.13. The molecule has 106 valence electrons. The Hall–Kier alpha value is -0.0500. The topological polar surface area (TPSA) is 12.0 Å². The number of benzene rings is 1. The largest absolute Gasteiger partial charge is 0.310 e. The molecule has 1 nitrogen and oxygen atoms in total. The lowest BCUT2D eigenvalue weighted by Crippen LogP contribution is -2.31. The molecule has 2 rings (SSSR count). The minimum atomic E-state index is 0.391. The van der Waals surface area contributed by atoms with Crippen LogP contribution in [0.25, 0.3) is 0 Å². The third kappa shape index (κ3) is 3.74. The summed E-state index contributed by atoms with van der Waals surface area (Å²) in [5, 5.41) is 4.51. The highest BCUT2D eigenvalue weighted by Crippen LogP contribution is 2.40. The summed E-state index contributed by atoms with van der Waals surface area (Å²) in [6, 6.07) is 6.65. The van der Waals surface area contributed by atoms with E-state index in [1.54, 1.807) is 0 Å². The molecule has 1 fully saturated rings. The molecule has 1 N–H and O–H groups in total. The fourth-order valence-corrected chi connectivity index (χ4v) is 3.76. The molecule has 3 heteroatoms. The Balaban J connectivity index is 2.22. The van der Waals surface area contributed by atoms with E-state index in [1.165, 1.54) is 31.2 Å². The maximum Gasteiger partial charge on any atom is 0.0595 e. The van der Waals surface area contributed by atoms with Crippen LogP contribution < -0.4 is 5.32 Å². The summed E-state index contributed by atoms with van der Waals surface area (Å²) in [6.45, 7) is 5.52. The Morgan fingerprint density at radius 3 is 2.63 bits per heavy atom. The van der Waals surface area contributed by atoms with Gasteiger partial charge in [0.2, 0.25) is 0 Å². The molecular formula is C16H23BrClN. The molecule has 1 atom stereocenters. The molecule has 1 unspecified atom stereocenters. The minimum Gasteiger partial charge on any atom is -0.310 e. The van der Waals surface area contributed by atoms with Crippen molar-refractivity contribution in [3.63, 3.8) is 0 Å². The van der Waals surface area contributed by atoms with Gasteiger partial charge < -0.3 is 5.32 Å². The molecule has 0 heterocycles. The highest BCUT2D eigenvalue weighted by Gasteiger charge is 2.28. The molecule has 1 saturated carbocycles. The Kier molecular flexibility index (Phi) is 5.73. The van der Waals surface area contributed by atoms with Crippen molar-refractivity contribution in [2.75, 3.05) is 6.54 Å². The van der Waals surface area contributed by atoms with E-state index >= 15 is 0 Å². The fraction of sp³-hybridized carbons (Fsp3) is 0.625. The number of hydrogen-bond acceptors (Lipinski definition) is 1. The van der Waals surface area contributed by atoms with E-state index in [0.29, 0.717) is 12.0 Å².